The minimum atomic E-state index is -1.13. The van der Waals surface area contributed by atoms with Crippen molar-refractivity contribution in [2.75, 3.05) is 33.7 Å². The topological polar surface area (TPSA) is 163 Å². The molecule has 1 aliphatic carbocycles. The molecule has 0 amide bonds. The summed E-state index contributed by atoms with van der Waals surface area (Å²) in [6, 6.07) is 0.601. The highest BCUT2D eigenvalue weighted by Crippen LogP contribution is 2.41. The second-order valence-electron chi connectivity index (χ2n) is 12.6. The molecular weight excluding hydrogens is 540 g/mol. The average molecular weight is 599 g/mol. The van der Waals surface area contributed by atoms with Gasteiger partial charge in [0.05, 0.1) is 11.2 Å². The summed E-state index contributed by atoms with van der Waals surface area (Å²) in [4.78, 5) is 32.5. The van der Waals surface area contributed by atoms with Crippen LogP contribution in [0.15, 0.2) is 0 Å². The summed E-state index contributed by atoms with van der Waals surface area (Å²) in [5.74, 6) is 3.37. The molecule has 0 spiro atoms. The van der Waals surface area contributed by atoms with E-state index in [-0.39, 0.29) is 38.1 Å². The summed E-state index contributed by atoms with van der Waals surface area (Å²) in [5, 5.41) is 27.3. The molecule has 2 saturated heterocycles. The summed E-state index contributed by atoms with van der Waals surface area (Å²) >= 11 is 0. The van der Waals surface area contributed by atoms with Crippen LogP contribution >= 0.6 is 0 Å². The first-order valence-corrected chi connectivity index (χ1v) is 15.0. The smallest absolute Gasteiger partial charge is 0.427 e. The molecule has 5 atom stereocenters. The summed E-state index contributed by atoms with van der Waals surface area (Å²) < 4.78 is 12.2. The molecule has 1 unspecified atom stereocenters. The first-order valence-electron chi connectivity index (χ1n) is 15.0. The van der Waals surface area contributed by atoms with Crippen LogP contribution in [0, 0.1) is 23.7 Å². The van der Waals surface area contributed by atoms with Crippen molar-refractivity contribution in [1.29, 1.82) is 0 Å². The Morgan fingerprint density at radius 1 is 0.881 bits per heavy atom. The maximum Gasteiger partial charge on any atom is 0.457 e. The van der Waals surface area contributed by atoms with Crippen molar-refractivity contribution in [2.24, 2.45) is 23.7 Å². The van der Waals surface area contributed by atoms with E-state index in [4.69, 9.17) is 38.5 Å². The average Bonchev–Trinajstić information content (AvgIpc) is 3.51. The molecule has 13 heteroatoms. The molecule has 0 bridgehead atoms. The Morgan fingerprint density at radius 2 is 1.43 bits per heavy atom. The van der Waals surface area contributed by atoms with Crippen molar-refractivity contribution in [3.63, 3.8) is 0 Å². The zero-order valence-corrected chi connectivity index (χ0v) is 26.4. The third kappa shape index (κ3) is 17.0. The molecule has 244 valence electrons. The molecule has 2 aliphatic heterocycles. The summed E-state index contributed by atoms with van der Waals surface area (Å²) in [6.07, 6.45) is 10.6. The standard InChI is InChI=1S/C17H34BNO2.C9H21BN2O2.2CO2.CH4/c1-13-10-14(12-19-6)11-15(13)8-7-9-18-20-16(2,3)17(4,5)21-18;1-11-7-9-5-8(6-12-9)3-2-4-10(13)14;2*2-1-3;/h13-15,19H,7-12H2,1-6H3;8-9,11-14H,2-7H2,1H3;;;1H4/t13-,14?,15+;8-,9+;;;/m01.../s1. The quantitative estimate of drug-likeness (QED) is 0.210. The molecule has 1 saturated carbocycles. The fraction of sp³-hybridized carbons (Fsp3) is 0.931. The highest BCUT2D eigenvalue weighted by atomic mass is 16.7. The van der Waals surface area contributed by atoms with Crippen molar-refractivity contribution in [3.05, 3.63) is 0 Å². The van der Waals surface area contributed by atoms with E-state index in [0.29, 0.717) is 18.3 Å². The maximum absolute atomic E-state index is 8.69. The van der Waals surface area contributed by atoms with Gasteiger partial charge in [0.2, 0.25) is 0 Å². The van der Waals surface area contributed by atoms with Gasteiger partial charge in [-0.05, 0) is 117 Å². The molecule has 3 rings (SSSR count). The van der Waals surface area contributed by atoms with Gasteiger partial charge < -0.3 is 35.3 Å². The minimum absolute atomic E-state index is 0. The zero-order chi connectivity index (χ0) is 31.5. The van der Waals surface area contributed by atoms with Crippen molar-refractivity contribution in [2.45, 2.75) is 117 Å². The molecule has 3 aliphatic rings. The maximum atomic E-state index is 8.69. The first kappa shape index (κ1) is 42.7. The van der Waals surface area contributed by atoms with Crippen LogP contribution in [-0.2, 0) is 28.5 Å². The monoisotopic (exact) mass is 599 g/mol. The van der Waals surface area contributed by atoms with Crippen LogP contribution in [0.1, 0.15) is 87.0 Å². The van der Waals surface area contributed by atoms with Gasteiger partial charge in [-0.15, -0.1) is 0 Å². The summed E-state index contributed by atoms with van der Waals surface area (Å²) in [7, 11) is 2.89. The van der Waals surface area contributed by atoms with Crippen molar-refractivity contribution in [3.8, 4) is 0 Å². The lowest BCUT2D eigenvalue weighted by molar-refractivity contribution is -0.193. The Bertz CT molecular complexity index is 735. The molecule has 3 fully saturated rings. The Labute approximate surface area is 255 Å². The van der Waals surface area contributed by atoms with E-state index < -0.39 is 7.12 Å². The van der Waals surface area contributed by atoms with Crippen LogP contribution in [0.4, 0.5) is 0 Å². The number of likely N-dealkylation sites (N-methyl/N-ethyl adjacent to an activating group) is 1. The molecule has 11 nitrogen and oxygen atoms in total. The van der Waals surface area contributed by atoms with Crippen molar-refractivity contribution >= 4 is 26.5 Å². The normalized spacial score (nSPS) is 26.6. The molecule has 0 aromatic rings. The largest absolute Gasteiger partial charge is 0.457 e. The van der Waals surface area contributed by atoms with Gasteiger partial charge in [-0.2, -0.15) is 19.2 Å². The van der Waals surface area contributed by atoms with Crippen molar-refractivity contribution < 1.29 is 38.5 Å². The summed E-state index contributed by atoms with van der Waals surface area (Å²) in [6.45, 7) is 14.2. The predicted octanol–water partition coefficient (Wildman–Crippen LogP) is 2.65. The van der Waals surface area contributed by atoms with Crippen molar-refractivity contribution in [1.82, 2.24) is 16.0 Å². The second kappa shape index (κ2) is 23.1. The van der Waals surface area contributed by atoms with Crippen LogP contribution in [0.2, 0.25) is 12.6 Å². The minimum Gasteiger partial charge on any atom is -0.427 e. The fourth-order valence-electron chi connectivity index (χ4n) is 6.08. The molecular formula is C29H59B2N3O8. The Kier molecular flexibility index (Phi) is 23.5. The molecule has 2 heterocycles. The Hall–Kier alpha value is -1.39. The fourth-order valence-corrected chi connectivity index (χ4v) is 6.08. The summed E-state index contributed by atoms with van der Waals surface area (Å²) in [5.41, 5.74) is -0.369. The SMILES string of the molecule is C.CNCC1C[C@@H](CCCB2OC(C)(C)C(C)(C)O2)[C@@H](C)C1.CNC[C@@H]1C[C@@H](CCCB(O)O)CN1.O=C=O.O=C=O. The lowest BCUT2D eigenvalue weighted by atomic mass is 9.80. The second-order valence-corrected chi connectivity index (χ2v) is 12.6. The van der Waals surface area contributed by atoms with Gasteiger partial charge in [0.25, 0.3) is 0 Å². The lowest BCUT2D eigenvalue weighted by Gasteiger charge is -2.32. The Morgan fingerprint density at radius 3 is 1.93 bits per heavy atom. The van der Waals surface area contributed by atoms with Gasteiger partial charge in [0.1, 0.15) is 0 Å². The van der Waals surface area contributed by atoms with Crippen LogP contribution in [0.3, 0.4) is 0 Å². The van der Waals surface area contributed by atoms with Crippen LogP contribution in [0.5, 0.6) is 0 Å². The van der Waals surface area contributed by atoms with Gasteiger partial charge in [-0.25, -0.2) is 0 Å². The molecule has 42 heavy (non-hydrogen) atoms. The highest BCUT2D eigenvalue weighted by Gasteiger charge is 2.50. The van der Waals surface area contributed by atoms with Crippen LogP contribution in [-0.4, -0.2) is 87.6 Å². The molecule has 0 radical (unpaired) electrons. The highest BCUT2D eigenvalue weighted by molar-refractivity contribution is 6.45. The Balaban J connectivity index is 0. The third-order valence-corrected chi connectivity index (χ3v) is 8.79. The number of nitrogens with one attached hydrogen (secondary N) is 3. The van der Waals surface area contributed by atoms with E-state index >= 15 is 0 Å². The molecule has 5 N–H and O–H groups in total. The van der Waals surface area contributed by atoms with Gasteiger partial charge in [-0.3, -0.25) is 0 Å². The van der Waals surface area contributed by atoms with Gasteiger partial charge in [0, 0.05) is 12.6 Å². The lowest BCUT2D eigenvalue weighted by Crippen LogP contribution is -2.41. The number of rotatable bonds is 12. The van der Waals surface area contributed by atoms with Crippen LogP contribution in [0.25, 0.3) is 0 Å². The third-order valence-electron chi connectivity index (χ3n) is 8.79. The molecule has 0 aromatic carbocycles. The number of hydrogen-bond acceptors (Lipinski definition) is 11. The van der Waals surface area contributed by atoms with E-state index in [1.807, 2.05) is 7.05 Å². The number of hydrogen-bond donors (Lipinski definition) is 5. The van der Waals surface area contributed by atoms with E-state index in [2.05, 4.69) is 57.6 Å². The van der Waals surface area contributed by atoms with Gasteiger partial charge in [-0.1, -0.05) is 33.6 Å². The van der Waals surface area contributed by atoms with E-state index in [0.717, 1.165) is 50.0 Å². The number of carbonyl (C=O) groups excluding carboxylic acids is 4. The van der Waals surface area contributed by atoms with E-state index in [1.54, 1.807) is 0 Å². The molecule has 0 aromatic heterocycles. The van der Waals surface area contributed by atoms with Crippen LogP contribution < -0.4 is 16.0 Å². The van der Waals surface area contributed by atoms with E-state index in [1.165, 1.54) is 38.6 Å². The van der Waals surface area contributed by atoms with Gasteiger partial charge >= 0.3 is 26.5 Å². The predicted molar refractivity (Wildman–Crippen MR) is 164 cm³/mol. The first-order chi connectivity index (χ1) is 19.3. The van der Waals surface area contributed by atoms with Gasteiger partial charge in [0.15, 0.2) is 0 Å². The zero-order valence-electron chi connectivity index (χ0n) is 26.4. The van der Waals surface area contributed by atoms with E-state index in [9.17, 15) is 0 Å².